The van der Waals surface area contributed by atoms with Crippen molar-refractivity contribution in [3.63, 3.8) is 0 Å². The third-order valence-electron chi connectivity index (χ3n) is 1.35. The van der Waals surface area contributed by atoms with E-state index in [4.69, 9.17) is 5.73 Å². The van der Waals surface area contributed by atoms with Gasteiger partial charge < -0.3 is 5.73 Å². The fraction of sp³-hybridized carbons (Fsp3) is 0.286. The number of pyridine rings is 1. The first kappa shape index (κ1) is 9.54. The van der Waals surface area contributed by atoms with Gasteiger partial charge in [-0.25, -0.2) is 13.8 Å². The summed E-state index contributed by atoms with van der Waals surface area (Å²) in [5.41, 5.74) is 5.46. The summed E-state index contributed by atoms with van der Waals surface area (Å²) in [6, 6.07) is 3.13. The molecule has 0 amide bonds. The first-order valence-corrected chi connectivity index (χ1v) is 4.08. The van der Waals surface area contributed by atoms with Crippen molar-refractivity contribution in [1.82, 2.24) is 4.98 Å². The molecule has 0 aliphatic rings. The number of aromatic nitrogens is 1. The van der Waals surface area contributed by atoms with Crippen LogP contribution in [0.5, 0.6) is 0 Å². The van der Waals surface area contributed by atoms with E-state index in [9.17, 15) is 8.78 Å². The van der Waals surface area contributed by atoms with Gasteiger partial charge in [0.15, 0.2) is 0 Å². The van der Waals surface area contributed by atoms with Crippen molar-refractivity contribution in [2.45, 2.75) is 13.0 Å². The Labute approximate surface area is 76.9 Å². The summed E-state index contributed by atoms with van der Waals surface area (Å²) in [6.45, 7) is 0.174. The Hall–Kier alpha value is -0.550. The zero-order valence-corrected chi connectivity index (χ0v) is 7.68. The molecule has 0 bridgehead atoms. The van der Waals surface area contributed by atoms with Gasteiger partial charge in [0.2, 0.25) is 0 Å². The summed E-state index contributed by atoms with van der Waals surface area (Å²) in [5.74, 6) is 0. The van der Waals surface area contributed by atoms with E-state index in [-0.39, 0.29) is 12.2 Å². The van der Waals surface area contributed by atoms with E-state index in [2.05, 4.69) is 20.9 Å². The lowest BCUT2D eigenvalue weighted by Gasteiger charge is -2.03. The largest absolute Gasteiger partial charge is 0.325 e. The van der Waals surface area contributed by atoms with Crippen molar-refractivity contribution in [2.24, 2.45) is 5.73 Å². The highest BCUT2D eigenvalue weighted by molar-refractivity contribution is 9.10. The third kappa shape index (κ3) is 1.98. The number of hydrogen-bond acceptors (Lipinski definition) is 2. The minimum Gasteiger partial charge on any atom is -0.325 e. The molecule has 0 aliphatic carbocycles. The molecular formula is C7H7BrF2N2. The molecule has 0 aromatic carbocycles. The Morgan fingerprint density at radius 3 is 2.67 bits per heavy atom. The van der Waals surface area contributed by atoms with Crippen molar-refractivity contribution in [3.8, 4) is 0 Å². The molecule has 0 atom stereocenters. The van der Waals surface area contributed by atoms with Crippen LogP contribution in [0.25, 0.3) is 0 Å². The van der Waals surface area contributed by atoms with Crippen molar-refractivity contribution in [3.05, 3.63) is 28.0 Å². The molecule has 5 heteroatoms. The lowest BCUT2D eigenvalue weighted by Crippen LogP contribution is -2.02. The molecule has 12 heavy (non-hydrogen) atoms. The van der Waals surface area contributed by atoms with E-state index < -0.39 is 6.43 Å². The van der Waals surface area contributed by atoms with E-state index >= 15 is 0 Å². The van der Waals surface area contributed by atoms with Gasteiger partial charge in [-0.15, -0.1) is 0 Å². The standard InChI is InChI=1S/C7H7BrF2N2/c8-5-2-1-4(3-11)12-6(5)7(9)10/h1-2,7H,3,11H2. The van der Waals surface area contributed by atoms with Crippen LogP contribution in [0, 0.1) is 0 Å². The number of alkyl halides is 2. The number of halogens is 3. The number of rotatable bonds is 2. The zero-order valence-electron chi connectivity index (χ0n) is 6.10. The maximum absolute atomic E-state index is 12.2. The summed E-state index contributed by atoms with van der Waals surface area (Å²) in [6.07, 6.45) is -2.56. The van der Waals surface area contributed by atoms with Crippen LogP contribution in [0.15, 0.2) is 16.6 Å². The van der Waals surface area contributed by atoms with Gasteiger partial charge in [0.1, 0.15) is 5.69 Å². The maximum atomic E-state index is 12.2. The molecule has 0 saturated carbocycles. The first-order valence-electron chi connectivity index (χ1n) is 3.28. The van der Waals surface area contributed by atoms with Crippen molar-refractivity contribution >= 4 is 15.9 Å². The molecule has 1 heterocycles. The normalized spacial score (nSPS) is 10.8. The van der Waals surface area contributed by atoms with Crippen molar-refractivity contribution in [1.29, 1.82) is 0 Å². The highest BCUT2D eigenvalue weighted by Gasteiger charge is 2.13. The van der Waals surface area contributed by atoms with Crippen molar-refractivity contribution in [2.75, 3.05) is 0 Å². The van der Waals surface area contributed by atoms with Crippen LogP contribution in [0.4, 0.5) is 8.78 Å². The summed E-state index contributed by atoms with van der Waals surface area (Å²) < 4.78 is 24.7. The van der Waals surface area contributed by atoms with Gasteiger partial charge in [-0.2, -0.15) is 0 Å². The predicted octanol–water partition coefficient (Wildman–Crippen LogP) is 2.24. The van der Waals surface area contributed by atoms with E-state index in [1.54, 1.807) is 6.07 Å². The van der Waals surface area contributed by atoms with Gasteiger partial charge in [-0.05, 0) is 28.1 Å². The molecule has 0 spiro atoms. The zero-order chi connectivity index (χ0) is 9.14. The molecule has 66 valence electrons. The summed E-state index contributed by atoms with van der Waals surface area (Å²) in [5, 5.41) is 0. The number of nitrogens with zero attached hydrogens (tertiary/aromatic N) is 1. The molecule has 0 radical (unpaired) electrons. The van der Waals surface area contributed by atoms with Crippen LogP contribution in [-0.4, -0.2) is 4.98 Å². The SMILES string of the molecule is NCc1ccc(Br)c(C(F)F)n1. The van der Waals surface area contributed by atoms with E-state index in [0.717, 1.165) is 0 Å². The van der Waals surface area contributed by atoms with E-state index in [0.29, 0.717) is 10.2 Å². The summed E-state index contributed by atoms with van der Waals surface area (Å²) in [4.78, 5) is 3.67. The molecule has 2 N–H and O–H groups in total. The lowest BCUT2D eigenvalue weighted by molar-refractivity contribution is 0.145. The highest BCUT2D eigenvalue weighted by Crippen LogP contribution is 2.25. The Kier molecular flexibility index (Phi) is 3.11. The smallest absolute Gasteiger partial charge is 0.281 e. The molecule has 1 aromatic heterocycles. The second kappa shape index (κ2) is 3.91. The molecule has 1 rings (SSSR count). The quantitative estimate of drug-likeness (QED) is 0.856. The highest BCUT2D eigenvalue weighted by atomic mass is 79.9. The monoisotopic (exact) mass is 236 g/mol. The van der Waals surface area contributed by atoms with Crippen molar-refractivity contribution < 1.29 is 8.78 Å². The van der Waals surface area contributed by atoms with Crippen LogP contribution in [0.2, 0.25) is 0 Å². The Balaban J connectivity index is 3.08. The van der Waals surface area contributed by atoms with Gasteiger partial charge in [-0.1, -0.05) is 0 Å². The minimum atomic E-state index is -2.56. The Morgan fingerprint density at radius 2 is 2.17 bits per heavy atom. The van der Waals surface area contributed by atoms with Crippen LogP contribution >= 0.6 is 15.9 Å². The van der Waals surface area contributed by atoms with Gasteiger partial charge in [0.25, 0.3) is 6.43 Å². The number of hydrogen-bond donors (Lipinski definition) is 1. The molecule has 0 saturated heterocycles. The Morgan fingerprint density at radius 1 is 1.50 bits per heavy atom. The van der Waals surface area contributed by atoms with Crippen LogP contribution in [0.1, 0.15) is 17.8 Å². The maximum Gasteiger partial charge on any atom is 0.281 e. The lowest BCUT2D eigenvalue weighted by atomic mass is 10.3. The second-order valence-corrected chi connectivity index (χ2v) is 3.03. The molecule has 1 aromatic rings. The minimum absolute atomic E-state index is 0.174. The van der Waals surface area contributed by atoms with Gasteiger partial charge in [0.05, 0.1) is 5.69 Å². The third-order valence-corrected chi connectivity index (χ3v) is 2.02. The Bertz CT molecular complexity index is 278. The summed E-state index contributed by atoms with van der Waals surface area (Å²) >= 11 is 2.98. The summed E-state index contributed by atoms with van der Waals surface area (Å²) in [7, 11) is 0. The van der Waals surface area contributed by atoms with Gasteiger partial charge >= 0.3 is 0 Å². The van der Waals surface area contributed by atoms with E-state index in [1.807, 2.05) is 0 Å². The molecule has 0 aliphatic heterocycles. The van der Waals surface area contributed by atoms with Crippen LogP contribution in [-0.2, 0) is 6.54 Å². The van der Waals surface area contributed by atoms with E-state index in [1.165, 1.54) is 6.07 Å². The average Bonchev–Trinajstić information content (AvgIpc) is 2.05. The van der Waals surface area contributed by atoms with Crippen LogP contribution in [0.3, 0.4) is 0 Å². The fourth-order valence-electron chi connectivity index (χ4n) is 0.767. The number of nitrogens with two attached hydrogens (primary N) is 1. The van der Waals surface area contributed by atoms with Gasteiger partial charge in [-0.3, -0.25) is 0 Å². The average molecular weight is 237 g/mol. The molecular weight excluding hydrogens is 230 g/mol. The van der Waals surface area contributed by atoms with Crippen LogP contribution < -0.4 is 5.73 Å². The fourth-order valence-corrected chi connectivity index (χ4v) is 1.16. The van der Waals surface area contributed by atoms with Gasteiger partial charge in [0, 0.05) is 11.0 Å². The first-order chi connectivity index (χ1) is 5.65. The molecule has 0 unspecified atom stereocenters. The molecule has 0 fully saturated rings. The topological polar surface area (TPSA) is 38.9 Å². The predicted molar refractivity (Wildman–Crippen MR) is 44.8 cm³/mol. The molecule has 2 nitrogen and oxygen atoms in total. The second-order valence-electron chi connectivity index (χ2n) is 2.17.